The molecule has 0 unspecified atom stereocenters. The van der Waals surface area contributed by atoms with E-state index in [9.17, 15) is 4.79 Å². The Labute approximate surface area is 122 Å². The first-order valence-corrected chi connectivity index (χ1v) is 7.36. The number of H-pyrrole nitrogens is 1. The third-order valence-corrected chi connectivity index (χ3v) is 4.91. The van der Waals surface area contributed by atoms with Gasteiger partial charge in [-0.2, -0.15) is 0 Å². The molecule has 3 heterocycles. The Hall–Kier alpha value is -2.18. The number of nitrogens with zero attached hydrogens (tertiary/aromatic N) is 4. The van der Waals surface area contributed by atoms with Gasteiger partial charge in [0, 0.05) is 26.1 Å². The lowest BCUT2D eigenvalue weighted by atomic mass is 9.89. The van der Waals surface area contributed by atoms with Crippen LogP contribution in [0.3, 0.4) is 0 Å². The highest BCUT2D eigenvalue weighted by Gasteiger charge is 2.40. The molecule has 2 N–H and O–H groups in total. The molecular weight excluding hydrogens is 268 g/mol. The molecule has 7 heteroatoms. The topological polar surface area (TPSA) is 86.8 Å². The summed E-state index contributed by atoms with van der Waals surface area (Å²) in [6.45, 7) is 0.817. The molecule has 0 radical (unpaired) electrons. The molecule has 2 aromatic heterocycles. The van der Waals surface area contributed by atoms with Crippen molar-refractivity contribution in [1.82, 2.24) is 25.3 Å². The van der Waals surface area contributed by atoms with Crippen LogP contribution in [-0.4, -0.2) is 45.5 Å². The van der Waals surface area contributed by atoms with E-state index in [4.69, 9.17) is 0 Å². The summed E-state index contributed by atoms with van der Waals surface area (Å²) in [5, 5.41) is 2.98. The molecule has 110 valence electrons. The molecule has 2 fully saturated rings. The van der Waals surface area contributed by atoms with Crippen LogP contribution in [-0.2, 0) is 4.79 Å². The number of amides is 1. The van der Waals surface area contributed by atoms with Crippen LogP contribution < -0.4 is 10.2 Å². The Morgan fingerprint density at radius 2 is 2.10 bits per heavy atom. The maximum Gasteiger partial charge on any atom is 0.220 e. The summed E-state index contributed by atoms with van der Waals surface area (Å²) < 4.78 is 0. The minimum absolute atomic E-state index is 0.192. The Morgan fingerprint density at radius 1 is 1.24 bits per heavy atom. The number of fused-ring (bicyclic) bond motifs is 2. The number of piperidine rings is 1. The Balaban J connectivity index is 1.59. The van der Waals surface area contributed by atoms with Gasteiger partial charge in [0.25, 0.3) is 0 Å². The fourth-order valence-electron chi connectivity index (χ4n) is 3.74. The van der Waals surface area contributed by atoms with Crippen LogP contribution in [0.2, 0.25) is 0 Å². The van der Waals surface area contributed by atoms with Gasteiger partial charge in [-0.05, 0) is 24.7 Å². The SMILES string of the molecule is CN(c1ncnc2nc[nH]c12)[C@H]1C[C@H]2CC(=O)NC[C@H]2C1. The highest BCUT2D eigenvalue weighted by molar-refractivity contribution is 5.82. The predicted octanol–water partition coefficient (Wildman–Crippen LogP) is 0.704. The lowest BCUT2D eigenvalue weighted by Gasteiger charge is -2.25. The number of hydrogen-bond acceptors (Lipinski definition) is 5. The first-order chi connectivity index (χ1) is 10.2. The first-order valence-electron chi connectivity index (χ1n) is 7.36. The summed E-state index contributed by atoms with van der Waals surface area (Å²) in [4.78, 5) is 29.6. The number of imidazole rings is 1. The third-order valence-electron chi connectivity index (χ3n) is 4.91. The number of carbonyl (C=O) groups is 1. The number of aromatic amines is 1. The van der Waals surface area contributed by atoms with E-state index >= 15 is 0 Å². The molecular formula is C14H18N6O. The number of aromatic nitrogens is 4. The van der Waals surface area contributed by atoms with Crippen molar-refractivity contribution >= 4 is 22.9 Å². The number of carbonyl (C=O) groups excluding carboxylic acids is 1. The van der Waals surface area contributed by atoms with Crippen LogP contribution in [0.5, 0.6) is 0 Å². The minimum atomic E-state index is 0.192. The Kier molecular flexibility index (Phi) is 2.80. The molecule has 1 amide bonds. The molecule has 2 aromatic rings. The molecule has 3 atom stereocenters. The quantitative estimate of drug-likeness (QED) is 0.849. The first kappa shape index (κ1) is 12.6. The molecule has 2 aliphatic rings. The van der Waals surface area contributed by atoms with Crippen molar-refractivity contribution in [2.45, 2.75) is 25.3 Å². The molecule has 21 heavy (non-hydrogen) atoms. The van der Waals surface area contributed by atoms with Gasteiger partial charge < -0.3 is 15.2 Å². The van der Waals surface area contributed by atoms with E-state index in [-0.39, 0.29) is 5.91 Å². The summed E-state index contributed by atoms with van der Waals surface area (Å²) >= 11 is 0. The Morgan fingerprint density at radius 3 is 3.00 bits per heavy atom. The lowest BCUT2D eigenvalue weighted by molar-refractivity contribution is -0.124. The summed E-state index contributed by atoms with van der Waals surface area (Å²) in [5.74, 6) is 2.18. The van der Waals surface area contributed by atoms with Crippen molar-refractivity contribution in [1.29, 1.82) is 0 Å². The molecule has 0 bridgehead atoms. The second-order valence-electron chi connectivity index (χ2n) is 6.06. The van der Waals surface area contributed by atoms with Crippen molar-refractivity contribution in [3.05, 3.63) is 12.7 Å². The predicted molar refractivity (Wildman–Crippen MR) is 77.7 cm³/mol. The molecule has 4 rings (SSSR count). The molecule has 0 spiro atoms. The van der Waals surface area contributed by atoms with Gasteiger partial charge in [-0.15, -0.1) is 0 Å². The van der Waals surface area contributed by atoms with Crippen LogP contribution in [0.25, 0.3) is 11.2 Å². The summed E-state index contributed by atoms with van der Waals surface area (Å²) in [7, 11) is 2.07. The van der Waals surface area contributed by atoms with Crippen LogP contribution >= 0.6 is 0 Å². The maximum atomic E-state index is 11.5. The van der Waals surface area contributed by atoms with Crippen molar-refractivity contribution in [3.8, 4) is 0 Å². The average Bonchev–Trinajstić information content (AvgIpc) is 3.11. The molecule has 0 aromatic carbocycles. The molecule has 1 saturated carbocycles. The Bertz CT molecular complexity index is 683. The van der Waals surface area contributed by atoms with Crippen molar-refractivity contribution < 1.29 is 4.79 Å². The number of hydrogen-bond donors (Lipinski definition) is 2. The monoisotopic (exact) mass is 286 g/mol. The largest absolute Gasteiger partial charge is 0.356 e. The van der Waals surface area contributed by atoms with E-state index in [1.807, 2.05) is 0 Å². The van der Waals surface area contributed by atoms with E-state index < -0.39 is 0 Å². The van der Waals surface area contributed by atoms with Crippen molar-refractivity contribution in [3.63, 3.8) is 0 Å². The molecule has 1 aliphatic heterocycles. The average molecular weight is 286 g/mol. The van der Waals surface area contributed by atoms with E-state index in [1.54, 1.807) is 12.7 Å². The second kappa shape index (κ2) is 4.68. The van der Waals surface area contributed by atoms with Crippen LogP contribution in [0, 0.1) is 11.8 Å². The van der Waals surface area contributed by atoms with Gasteiger partial charge in [0.05, 0.1) is 6.33 Å². The van der Waals surface area contributed by atoms with Crippen LogP contribution in [0.1, 0.15) is 19.3 Å². The van der Waals surface area contributed by atoms with Crippen LogP contribution in [0.4, 0.5) is 5.82 Å². The van der Waals surface area contributed by atoms with Crippen molar-refractivity contribution in [2.75, 3.05) is 18.5 Å². The van der Waals surface area contributed by atoms with E-state index in [1.165, 1.54) is 0 Å². The normalized spacial score (nSPS) is 28.4. The third kappa shape index (κ3) is 2.03. The number of nitrogens with one attached hydrogen (secondary N) is 2. The highest BCUT2D eigenvalue weighted by Crippen LogP contribution is 2.39. The van der Waals surface area contributed by atoms with Gasteiger partial charge in [-0.25, -0.2) is 15.0 Å². The number of rotatable bonds is 2. The van der Waals surface area contributed by atoms with Crippen LogP contribution in [0.15, 0.2) is 12.7 Å². The van der Waals surface area contributed by atoms with Gasteiger partial charge in [0.15, 0.2) is 11.5 Å². The smallest absolute Gasteiger partial charge is 0.220 e. The highest BCUT2D eigenvalue weighted by atomic mass is 16.1. The van der Waals surface area contributed by atoms with Gasteiger partial charge in [0.2, 0.25) is 5.91 Å². The summed E-state index contributed by atoms with van der Waals surface area (Å²) in [6, 6.07) is 0.411. The second-order valence-corrected chi connectivity index (χ2v) is 6.06. The molecule has 1 aliphatic carbocycles. The molecule has 7 nitrogen and oxygen atoms in total. The van der Waals surface area contributed by atoms with E-state index in [0.717, 1.165) is 30.7 Å². The summed E-state index contributed by atoms with van der Waals surface area (Å²) in [6.07, 6.45) is 6.02. The summed E-state index contributed by atoms with van der Waals surface area (Å²) in [5.41, 5.74) is 1.57. The zero-order valence-electron chi connectivity index (χ0n) is 11.9. The fourth-order valence-corrected chi connectivity index (χ4v) is 3.74. The maximum absolute atomic E-state index is 11.5. The standard InChI is InChI=1S/C14H18N6O/c1-20(14-12-13(17-6-16-12)18-7-19-14)10-2-8-4-11(21)15-5-9(8)3-10/h6-10H,2-5H2,1H3,(H,15,21)(H,16,17,18,19)/t8-,9+,10-/m0/s1. The van der Waals surface area contributed by atoms with E-state index in [0.29, 0.717) is 29.9 Å². The van der Waals surface area contributed by atoms with Gasteiger partial charge in [-0.1, -0.05) is 0 Å². The van der Waals surface area contributed by atoms with Gasteiger partial charge >= 0.3 is 0 Å². The van der Waals surface area contributed by atoms with Gasteiger partial charge in [0.1, 0.15) is 11.8 Å². The van der Waals surface area contributed by atoms with E-state index in [2.05, 4.69) is 37.2 Å². The lowest BCUT2D eigenvalue weighted by Crippen LogP contribution is -2.38. The van der Waals surface area contributed by atoms with Gasteiger partial charge in [-0.3, -0.25) is 4.79 Å². The molecule has 1 saturated heterocycles. The number of anilines is 1. The van der Waals surface area contributed by atoms with Crippen molar-refractivity contribution in [2.24, 2.45) is 11.8 Å². The fraction of sp³-hybridized carbons (Fsp3) is 0.571. The minimum Gasteiger partial charge on any atom is -0.356 e. The zero-order valence-corrected chi connectivity index (χ0v) is 11.9. The zero-order chi connectivity index (χ0) is 14.4.